The SMILES string of the molecule is CC(=O)N1CCC(C(=O)N=C2C=CC3C(C)=CC(=O)NC3=C2)CC1. The van der Waals surface area contributed by atoms with Crippen LogP contribution in [0.1, 0.15) is 26.7 Å². The van der Waals surface area contributed by atoms with Crippen LogP contribution >= 0.6 is 0 Å². The van der Waals surface area contributed by atoms with Gasteiger partial charge in [0.05, 0.1) is 5.71 Å². The van der Waals surface area contributed by atoms with Crippen molar-refractivity contribution in [3.05, 3.63) is 35.6 Å². The van der Waals surface area contributed by atoms with Crippen LogP contribution < -0.4 is 5.32 Å². The molecule has 6 heteroatoms. The van der Waals surface area contributed by atoms with Gasteiger partial charge in [0, 0.05) is 43.6 Å². The highest BCUT2D eigenvalue weighted by Gasteiger charge is 2.27. The lowest BCUT2D eigenvalue weighted by atomic mass is 9.88. The first-order chi connectivity index (χ1) is 11.4. The van der Waals surface area contributed by atoms with Crippen LogP contribution in [0.3, 0.4) is 0 Å². The Kier molecular flexibility index (Phi) is 4.46. The summed E-state index contributed by atoms with van der Waals surface area (Å²) >= 11 is 0. The predicted octanol–water partition coefficient (Wildman–Crippen LogP) is 1.36. The first-order valence-electron chi connectivity index (χ1n) is 8.21. The summed E-state index contributed by atoms with van der Waals surface area (Å²) in [4.78, 5) is 41.3. The normalized spacial score (nSPS) is 25.8. The number of rotatable bonds is 1. The largest absolute Gasteiger partial charge is 0.343 e. The molecule has 1 N–H and O–H groups in total. The third-order valence-electron chi connectivity index (χ3n) is 4.74. The lowest BCUT2D eigenvalue weighted by Crippen LogP contribution is -2.38. The molecule has 0 aromatic carbocycles. The Labute approximate surface area is 141 Å². The number of nitrogens with zero attached hydrogens (tertiary/aromatic N) is 2. The molecule has 1 unspecified atom stereocenters. The Balaban J connectivity index is 1.68. The van der Waals surface area contributed by atoms with E-state index in [1.165, 1.54) is 0 Å². The third-order valence-corrected chi connectivity index (χ3v) is 4.74. The van der Waals surface area contributed by atoms with E-state index >= 15 is 0 Å². The Hall–Kier alpha value is -2.50. The van der Waals surface area contributed by atoms with Crippen LogP contribution in [0, 0.1) is 11.8 Å². The van der Waals surface area contributed by atoms with Crippen LogP contribution in [0.15, 0.2) is 40.6 Å². The second kappa shape index (κ2) is 6.55. The second-order valence-electron chi connectivity index (χ2n) is 6.47. The number of likely N-dealkylation sites (tertiary alicyclic amines) is 1. The number of amides is 3. The highest BCUT2D eigenvalue weighted by Crippen LogP contribution is 2.27. The minimum atomic E-state index is -0.150. The molecule has 0 bridgehead atoms. The average molecular weight is 327 g/mol. The molecule has 0 radical (unpaired) electrons. The fourth-order valence-electron chi connectivity index (χ4n) is 3.31. The van der Waals surface area contributed by atoms with Crippen molar-refractivity contribution in [2.24, 2.45) is 16.8 Å². The van der Waals surface area contributed by atoms with Crippen molar-refractivity contribution >= 4 is 23.4 Å². The zero-order valence-corrected chi connectivity index (χ0v) is 13.9. The molecule has 2 heterocycles. The molecule has 1 fully saturated rings. The molecule has 24 heavy (non-hydrogen) atoms. The van der Waals surface area contributed by atoms with Crippen LogP contribution in [-0.4, -0.2) is 41.4 Å². The smallest absolute Gasteiger partial charge is 0.249 e. The van der Waals surface area contributed by atoms with Crippen molar-refractivity contribution in [3.8, 4) is 0 Å². The molecule has 0 saturated carbocycles. The van der Waals surface area contributed by atoms with Gasteiger partial charge in [-0.3, -0.25) is 14.4 Å². The molecule has 3 rings (SSSR count). The molecule has 2 aliphatic heterocycles. The van der Waals surface area contributed by atoms with Crippen molar-refractivity contribution in [1.82, 2.24) is 10.2 Å². The zero-order chi connectivity index (χ0) is 17.3. The monoisotopic (exact) mass is 327 g/mol. The lowest BCUT2D eigenvalue weighted by Gasteiger charge is -2.29. The molecule has 1 atom stereocenters. The number of aliphatic imine (C=N–C) groups is 1. The molecule has 0 spiro atoms. The highest BCUT2D eigenvalue weighted by molar-refractivity contribution is 6.11. The number of hydrogen-bond donors (Lipinski definition) is 1. The highest BCUT2D eigenvalue weighted by atomic mass is 16.2. The van der Waals surface area contributed by atoms with Crippen LogP contribution in [0.4, 0.5) is 0 Å². The van der Waals surface area contributed by atoms with Crippen molar-refractivity contribution in [2.45, 2.75) is 26.7 Å². The fourth-order valence-corrected chi connectivity index (χ4v) is 3.31. The molecule has 126 valence electrons. The van der Waals surface area contributed by atoms with Crippen molar-refractivity contribution < 1.29 is 14.4 Å². The van der Waals surface area contributed by atoms with Crippen molar-refractivity contribution in [1.29, 1.82) is 0 Å². The molecule has 0 aromatic rings. The van der Waals surface area contributed by atoms with Gasteiger partial charge < -0.3 is 10.2 Å². The van der Waals surface area contributed by atoms with E-state index in [1.54, 1.807) is 24.0 Å². The topological polar surface area (TPSA) is 78.8 Å². The summed E-state index contributed by atoms with van der Waals surface area (Å²) in [5.41, 5.74) is 2.30. The van der Waals surface area contributed by atoms with E-state index in [9.17, 15) is 14.4 Å². The van der Waals surface area contributed by atoms with Crippen LogP contribution in [0.25, 0.3) is 0 Å². The average Bonchev–Trinajstić information content (AvgIpc) is 2.54. The quantitative estimate of drug-likeness (QED) is 0.790. The fraction of sp³-hybridized carbons (Fsp3) is 0.444. The number of fused-ring (bicyclic) bond motifs is 1. The zero-order valence-electron chi connectivity index (χ0n) is 13.9. The third kappa shape index (κ3) is 3.37. The molecule has 1 saturated heterocycles. The number of piperidine rings is 1. The lowest BCUT2D eigenvalue weighted by molar-refractivity contribution is -0.132. The van der Waals surface area contributed by atoms with E-state index in [-0.39, 0.29) is 29.6 Å². The van der Waals surface area contributed by atoms with E-state index in [0.29, 0.717) is 31.6 Å². The van der Waals surface area contributed by atoms with Crippen LogP contribution in [0.2, 0.25) is 0 Å². The maximum absolute atomic E-state index is 12.4. The van der Waals surface area contributed by atoms with E-state index in [0.717, 1.165) is 11.3 Å². The number of carbonyl (C=O) groups excluding carboxylic acids is 3. The minimum absolute atomic E-state index is 0.0506. The Bertz CT molecular complexity index is 707. The van der Waals surface area contributed by atoms with E-state index in [4.69, 9.17) is 0 Å². The van der Waals surface area contributed by atoms with Gasteiger partial charge in [-0.1, -0.05) is 11.6 Å². The van der Waals surface area contributed by atoms with Crippen molar-refractivity contribution in [3.63, 3.8) is 0 Å². The van der Waals surface area contributed by atoms with Gasteiger partial charge in [0.2, 0.25) is 17.7 Å². The van der Waals surface area contributed by atoms with Gasteiger partial charge >= 0.3 is 0 Å². The van der Waals surface area contributed by atoms with Gasteiger partial charge in [-0.05, 0) is 31.9 Å². The maximum Gasteiger partial charge on any atom is 0.249 e. The summed E-state index contributed by atoms with van der Waals surface area (Å²) in [7, 11) is 0. The molecule has 1 aliphatic carbocycles. The van der Waals surface area contributed by atoms with Gasteiger partial charge in [0.15, 0.2) is 0 Å². The molecular weight excluding hydrogens is 306 g/mol. The van der Waals surface area contributed by atoms with Gasteiger partial charge in [-0.25, -0.2) is 4.99 Å². The van der Waals surface area contributed by atoms with Gasteiger partial charge in [-0.2, -0.15) is 0 Å². The second-order valence-corrected chi connectivity index (χ2v) is 6.47. The van der Waals surface area contributed by atoms with Gasteiger partial charge in [0.1, 0.15) is 0 Å². The van der Waals surface area contributed by atoms with Crippen LogP contribution in [0.5, 0.6) is 0 Å². The summed E-state index contributed by atoms with van der Waals surface area (Å²) in [6.45, 7) is 4.68. The first kappa shape index (κ1) is 16.4. The standard InChI is InChI=1S/C18H21N3O3/c1-11-9-17(23)20-16-10-14(3-4-15(11)16)19-18(24)13-5-7-21(8-6-13)12(2)22/h3-4,9-10,13,15H,5-8H2,1-2H3,(H,20,23). The van der Waals surface area contributed by atoms with Gasteiger partial charge in [-0.15, -0.1) is 0 Å². The summed E-state index contributed by atoms with van der Waals surface area (Å²) < 4.78 is 0. The van der Waals surface area contributed by atoms with E-state index in [2.05, 4.69) is 10.3 Å². The Morgan fingerprint density at radius 2 is 1.96 bits per heavy atom. The molecule has 6 nitrogen and oxygen atoms in total. The predicted molar refractivity (Wildman–Crippen MR) is 90.0 cm³/mol. The number of nitrogens with one attached hydrogen (secondary N) is 1. The van der Waals surface area contributed by atoms with Crippen molar-refractivity contribution in [2.75, 3.05) is 13.1 Å². The number of allylic oxidation sites excluding steroid dienone is 3. The molecule has 0 aromatic heterocycles. The van der Waals surface area contributed by atoms with Gasteiger partial charge in [0.25, 0.3) is 0 Å². The molecule has 3 amide bonds. The Morgan fingerprint density at radius 1 is 1.25 bits per heavy atom. The van der Waals surface area contributed by atoms with E-state index < -0.39 is 0 Å². The number of carbonyl (C=O) groups is 3. The Morgan fingerprint density at radius 3 is 2.62 bits per heavy atom. The maximum atomic E-state index is 12.4. The van der Waals surface area contributed by atoms with E-state index in [1.807, 2.05) is 19.1 Å². The number of hydrogen-bond acceptors (Lipinski definition) is 3. The summed E-state index contributed by atoms with van der Waals surface area (Å²) in [5.74, 6) is -0.333. The molecular formula is C18H21N3O3. The molecule has 3 aliphatic rings. The van der Waals surface area contributed by atoms with Crippen LogP contribution in [-0.2, 0) is 14.4 Å². The minimum Gasteiger partial charge on any atom is -0.343 e. The first-order valence-corrected chi connectivity index (χ1v) is 8.21. The summed E-state index contributed by atoms with van der Waals surface area (Å²) in [6.07, 6.45) is 8.42. The summed E-state index contributed by atoms with van der Waals surface area (Å²) in [6, 6.07) is 0. The summed E-state index contributed by atoms with van der Waals surface area (Å²) in [5, 5.41) is 2.81.